The summed E-state index contributed by atoms with van der Waals surface area (Å²) in [6, 6.07) is 14.1. The Balaban J connectivity index is 1.54. The van der Waals surface area contributed by atoms with Gasteiger partial charge in [-0.15, -0.1) is 0 Å². The van der Waals surface area contributed by atoms with E-state index in [0.29, 0.717) is 28.2 Å². The summed E-state index contributed by atoms with van der Waals surface area (Å²) in [5, 5.41) is 6.09. The number of thioether (sulfide) groups is 1. The van der Waals surface area contributed by atoms with E-state index in [2.05, 4.69) is 15.6 Å². The average Bonchev–Trinajstić information content (AvgIpc) is 3.02. The highest BCUT2D eigenvalue weighted by Crippen LogP contribution is 2.26. The number of hydrogen-bond donors (Lipinski definition) is 2. The summed E-state index contributed by atoms with van der Waals surface area (Å²) < 4.78 is 5.51. The van der Waals surface area contributed by atoms with Crippen LogP contribution in [0.25, 0.3) is 0 Å². The van der Waals surface area contributed by atoms with Crippen LogP contribution in [-0.4, -0.2) is 28.8 Å². The minimum absolute atomic E-state index is 0.0597. The first kappa shape index (κ1) is 20.2. The Bertz CT molecular complexity index is 869. The molecule has 3 rings (SSSR count). The topological polar surface area (TPSA) is 79.8 Å². The molecule has 2 aromatic carbocycles. The van der Waals surface area contributed by atoms with Crippen LogP contribution in [0.2, 0.25) is 5.02 Å². The lowest BCUT2D eigenvalue weighted by Crippen LogP contribution is -2.28. The highest BCUT2D eigenvalue weighted by Gasteiger charge is 2.32. The number of benzene rings is 2. The molecule has 1 fully saturated rings. The number of nitrogens with zero attached hydrogens (tertiary/aromatic N) is 1. The molecule has 0 bridgehead atoms. The number of carbonyl (C=O) groups is 2. The molecule has 0 saturated carbocycles. The van der Waals surface area contributed by atoms with Crippen LogP contribution in [0.3, 0.4) is 0 Å². The second-order valence-electron chi connectivity index (χ2n) is 6.11. The first-order valence-electron chi connectivity index (χ1n) is 8.88. The molecule has 6 nitrogen and oxygen atoms in total. The Labute approximate surface area is 172 Å². The molecule has 1 heterocycles. The fraction of sp³-hybridized carbons (Fsp3) is 0.250. The van der Waals surface area contributed by atoms with E-state index < -0.39 is 5.25 Å². The molecular weight excluding hydrogens is 398 g/mol. The number of ether oxygens (including phenoxy) is 1. The molecule has 1 aliphatic rings. The van der Waals surface area contributed by atoms with Crippen molar-refractivity contribution in [3.05, 3.63) is 53.6 Å². The molecule has 0 spiro atoms. The van der Waals surface area contributed by atoms with Gasteiger partial charge in [0.25, 0.3) is 0 Å². The molecule has 1 saturated heterocycles. The second-order valence-corrected chi connectivity index (χ2v) is 7.74. The second kappa shape index (κ2) is 9.61. The van der Waals surface area contributed by atoms with Gasteiger partial charge in [0, 0.05) is 17.1 Å². The fourth-order valence-electron chi connectivity index (χ4n) is 2.46. The Morgan fingerprint density at radius 3 is 2.61 bits per heavy atom. The molecule has 0 aliphatic carbocycles. The Morgan fingerprint density at radius 2 is 1.93 bits per heavy atom. The van der Waals surface area contributed by atoms with E-state index in [9.17, 15) is 9.59 Å². The highest BCUT2D eigenvalue weighted by atomic mass is 35.5. The third kappa shape index (κ3) is 5.74. The molecule has 146 valence electrons. The van der Waals surface area contributed by atoms with Crippen molar-refractivity contribution < 1.29 is 14.3 Å². The maximum Gasteiger partial charge on any atom is 0.240 e. The molecule has 2 N–H and O–H groups in total. The predicted octanol–water partition coefficient (Wildman–Crippen LogP) is 4.38. The minimum Gasteiger partial charge on any atom is -0.494 e. The summed E-state index contributed by atoms with van der Waals surface area (Å²) in [5.41, 5.74) is 1.34. The lowest BCUT2D eigenvalue weighted by molar-refractivity contribution is -0.122. The van der Waals surface area contributed by atoms with Crippen molar-refractivity contribution in [2.75, 3.05) is 11.9 Å². The van der Waals surface area contributed by atoms with Crippen molar-refractivity contribution in [1.82, 2.24) is 5.32 Å². The standard InChI is InChI=1S/C20H20ClN3O3S/c1-2-11-27-16-9-7-14(8-10-16)22-18(25)12-17-19(26)24-20(28-17)23-15-5-3-13(21)4-6-15/h3-10,17H,2,11-12H2,1H3,(H,22,25)(H,23,24,26). The number of amides is 2. The quantitative estimate of drug-likeness (QED) is 0.700. The molecule has 2 aromatic rings. The zero-order valence-electron chi connectivity index (χ0n) is 15.3. The van der Waals surface area contributed by atoms with Gasteiger partial charge in [-0.2, -0.15) is 0 Å². The first-order valence-corrected chi connectivity index (χ1v) is 10.1. The van der Waals surface area contributed by atoms with E-state index in [1.165, 1.54) is 11.8 Å². The summed E-state index contributed by atoms with van der Waals surface area (Å²) in [4.78, 5) is 28.8. The molecule has 2 amide bonds. The minimum atomic E-state index is -0.516. The van der Waals surface area contributed by atoms with Gasteiger partial charge in [-0.25, -0.2) is 4.99 Å². The van der Waals surface area contributed by atoms with Crippen molar-refractivity contribution in [3.63, 3.8) is 0 Å². The molecule has 8 heteroatoms. The van der Waals surface area contributed by atoms with Gasteiger partial charge in [-0.1, -0.05) is 30.3 Å². The maximum atomic E-state index is 12.3. The Morgan fingerprint density at radius 1 is 1.21 bits per heavy atom. The van der Waals surface area contributed by atoms with Crippen molar-refractivity contribution in [2.24, 2.45) is 4.99 Å². The Kier molecular flexibility index (Phi) is 6.95. The molecule has 0 aromatic heterocycles. The van der Waals surface area contributed by atoms with E-state index in [4.69, 9.17) is 16.3 Å². The number of aliphatic imine (C=N–C) groups is 1. The van der Waals surface area contributed by atoms with Crippen LogP contribution in [0.1, 0.15) is 19.8 Å². The summed E-state index contributed by atoms with van der Waals surface area (Å²) in [6.45, 7) is 2.69. The van der Waals surface area contributed by atoms with E-state index in [-0.39, 0.29) is 18.2 Å². The lowest BCUT2D eigenvalue weighted by Gasteiger charge is -2.09. The fourth-order valence-corrected chi connectivity index (χ4v) is 3.57. The van der Waals surface area contributed by atoms with Crippen LogP contribution in [0.15, 0.2) is 53.5 Å². The van der Waals surface area contributed by atoms with Gasteiger partial charge in [0.15, 0.2) is 5.17 Å². The van der Waals surface area contributed by atoms with Gasteiger partial charge in [0.05, 0.1) is 12.3 Å². The van der Waals surface area contributed by atoms with Crippen molar-refractivity contribution in [3.8, 4) is 5.75 Å². The van der Waals surface area contributed by atoms with Crippen LogP contribution in [0.5, 0.6) is 5.75 Å². The zero-order chi connectivity index (χ0) is 19.9. The third-order valence-corrected chi connectivity index (χ3v) is 5.15. The van der Waals surface area contributed by atoms with Crippen molar-refractivity contribution >= 4 is 51.7 Å². The smallest absolute Gasteiger partial charge is 0.240 e. The van der Waals surface area contributed by atoms with Crippen LogP contribution in [0.4, 0.5) is 11.4 Å². The van der Waals surface area contributed by atoms with E-state index >= 15 is 0 Å². The van der Waals surface area contributed by atoms with E-state index in [0.717, 1.165) is 12.2 Å². The van der Waals surface area contributed by atoms with Crippen LogP contribution >= 0.6 is 23.4 Å². The molecular formula is C20H20ClN3O3S. The molecule has 1 unspecified atom stereocenters. The van der Waals surface area contributed by atoms with Crippen molar-refractivity contribution in [2.45, 2.75) is 25.0 Å². The van der Waals surface area contributed by atoms with Gasteiger partial charge in [0.1, 0.15) is 11.0 Å². The number of anilines is 1. The SMILES string of the molecule is CCCOc1ccc(NC(=O)CC2SC(=Nc3ccc(Cl)cc3)NC2=O)cc1. The highest BCUT2D eigenvalue weighted by molar-refractivity contribution is 8.15. The summed E-state index contributed by atoms with van der Waals surface area (Å²) in [5.74, 6) is 0.299. The summed E-state index contributed by atoms with van der Waals surface area (Å²) in [6.07, 6.45) is 0.993. The average molecular weight is 418 g/mol. The normalized spacial score (nSPS) is 17.4. The number of rotatable bonds is 7. The summed E-state index contributed by atoms with van der Waals surface area (Å²) in [7, 11) is 0. The van der Waals surface area contributed by atoms with Crippen LogP contribution in [0, 0.1) is 0 Å². The van der Waals surface area contributed by atoms with Crippen LogP contribution in [-0.2, 0) is 9.59 Å². The largest absolute Gasteiger partial charge is 0.494 e. The van der Waals surface area contributed by atoms with E-state index in [1.807, 2.05) is 6.92 Å². The molecule has 1 atom stereocenters. The van der Waals surface area contributed by atoms with Gasteiger partial charge >= 0.3 is 0 Å². The number of hydrogen-bond acceptors (Lipinski definition) is 5. The number of carbonyl (C=O) groups excluding carboxylic acids is 2. The van der Waals surface area contributed by atoms with Crippen molar-refractivity contribution in [1.29, 1.82) is 0 Å². The lowest BCUT2D eigenvalue weighted by atomic mass is 10.2. The number of nitrogens with one attached hydrogen (secondary N) is 2. The molecule has 0 radical (unpaired) electrons. The van der Waals surface area contributed by atoms with Gasteiger partial charge < -0.3 is 15.4 Å². The maximum absolute atomic E-state index is 12.3. The van der Waals surface area contributed by atoms with Crippen LogP contribution < -0.4 is 15.4 Å². The number of halogens is 1. The monoisotopic (exact) mass is 417 g/mol. The van der Waals surface area contributed by atoms with Gasteiger partial charge in [-0.3, -0.25) is 9.59 Å². The summed E-state index contributed by atoms with van der Waals surface area (Å²) >= 11 is 7.10. The Hall–Kier alpha value is -2.51. The van der Waals surface area contributed by atoms with E-state index in [1.54, 1.807) is 48.5 Å². The molecule has 1 aliphatic heterocycles. The first-order chi connectivity index (χ1) is 13.5. The molecule has 28 heavy (non-hydrogen) atoms. The number of amidine groups is 1. The third-order valence-electron chi connectivity index (χ3n) is 3.82. The van der Waals surface area contributed by atoms with Gasteiger partial charge in [-0.05, 0) is 55.0 Å². The van der Waals surface area contributed by atoms with Gasteiger partial charge in [0.2, 0.25) is 11.8 Å². The zero-order valence-corrected chi connectivity index (χ0v) is 16.8. The predicted molar refractivity (Wildman–Crippen MR) is 114 cm³/mol.